The van der Waals surface area contributed by atoms with Gasteiger partial charge in [-0.25, -0.2) is 0 Å². The van der Waals surface area contributed by atoms with Crippen LogP contribution in [0.1, 0.15) is 97.8 Å². The molecule has 0 bridgehead atoms. The van der Waals surface area contributed by atoms with Crippen LogP contribution in [0.15, 0.2) is 0 Å². The summed E-state index contributed by atoms with van der Waals surface area (Å²) < 4.78 is 9.99. The predicted octanol–water partition coefficient (Wildman–Crippen LogP) is 5.12. The summed E-state index contributed by atoms with van der Waals surface area (Å²) in [4.78, 5) is 25.2. The molecule has 0 aliphatic rings. The zero-order chi connectivity index (χ0) is 20.2. The molecular weight excluding hydrogens is 342 g/mol. The number of ether oxygens (including phenoxy) is 2. The summed E-state index contributed by atoms with van der Waals surface area (Å²) in [7, 11) is 0. The van der Waals surface area contributed by atoms with E-state index in [1.54, 1.807) is 13.8 Å². The zero-order valence-corrected chi connectivity index (χ0v) is 18.1. The van der Waals surface area contributed by atoms with Crippen LogP contribution in [0.25, 0.3) is 0 Å². The largest absolute Gasteiger partial charge is 0.465 e. The number of carbonyl (C=O) groups is 2. The average Bonchev–Trinajstić information content (AvgIpc) is 2.62. The van der Waals surface area contributed by atoms with Gasteiger partial charge in [0, 0.05) is 0 Å². The normalized spacial score (nSPS) is 11.0. The van der Waals surface area contributed by atoms with Crippen LogP contribution < -0.4 is 0 Å². The molecule has 0 aliphatic heterocycles. The van der Waals surface area contributed by atoms with Gasteiger partial charge in [-0.3, -0.25) is 14.5 Å². The van der Waals surface area contributed by atoms with Crippen LogP contribution in [-0.4, -0.2) is 49.7 Å². The number of nitrogens with zero attached hydrogens (tertiary/aromatic N) is 1. The number of rotatable bonds is 19. The van der Waals surface area contributed by atoms with Gasteiger partial charge in [-0.05, 0) is 26.8 Å². The second-order valence-electron chi connectivity index (χ2n) is 7.21. The molecule has 5 heteroatoms. The fourth-order valence-corrected chi connectivity index (χ4v) is 3.17. The summed E-state index contributed by atoms with van der Waals surface area (Å²) in [5.74, 6) is -0.554. The lowest BCUT2D eigenvalue weighted by Crippen LogP contribution is -2.36. The third kappa shape index (κ3) is 18.0. The molecule has 0 spiro atoms. The van der Waals surface area contributed by atoms with E-state index in [9.17, 15) is 9.59 Å². The fourth-order valence-electron chi connectivity index (χ4n) is 3.17. The van der Waals surface area contributed by atoms with E-state index < -0.39 is 0 Å². The summed E-state index contributed by atoms with van der Waals surface area (Å²) >= 11 is 0. The van der Waals surface area contributed by atoms with E-state index in [0.717, 1.165) is 19.4 Å². The minimum Gasteiger partial charge on any atom is -0.465 e. The van der Waals surface area contributed by atoms with Gasteiger partial charge in [0.25, 0.3) is 0 Å². The van der Waals surface area contributed by atoms with E-state index in [1.165, 1.54) is 64.2 Å². The van der Waals surface area contributed by atoms with Crippen LogP contribution in [0.3, 0.4) is 0 Å². The molecule has 0 saturated heterocycles. The van der Waals surface area contributed by atoms with Crippen molar-refractivity contribution in [2.75, 3.05) is 32.8 Å². The second-order valence-corrected chi connectivity index (χ2v) is 7.21. The van der Waals surface area contributed by atoms with Crippen molar-refractivity contribution in [3.63, 3.8) is 0 Å². The summed E-state index contributed by atoms with van der Waals surface area (Å²) in [6.45, 7) is 7.62. The highest BCUT2D eigenvalue weighted by Crippen LogP contribution is 2.12. The SMILES string of the molecule is CCCCCCCCCCCCCCN(CC(=O)OCC)CC(=O)OCC. The highest BCUT2D eigenvalue weighted by molar-refractivity contribution is 5.75. The number of esters is 2. The lowest BCUT2D eigenvalue weighted by atomic mass is 10.1. The third-order valence-electron chi connectivity index (χ3n) is 4.64. The van der Waals surface area contributed by atoms with Crippen LogP contribution >= 0.6 is 0 Å². The van der Waals surface area contributed by atoms with Crippen LogP contribution in [0.5, 0.6) is 0 Å². The molecular formula is C22H43NO4. The monoisotopic (exact) mass is 385 g/mol. The molecule has 0 rings (SSSR count). The van der Waals surface area contributed by atoms with Crippen LogP contribution in [-0.2, 0) is 19.1 Å². The smallest absolute Gasteiger partial charge is 0.320 e. The molecule has 0 amide bonds. The van der Waals surface area contributed by atoms with Crippen LogP contribution in [0.4, 0.5) is 0 Å². The molecule has 0 aliphatic carbocycles. The molecule has 27 heavy (non-hydrogen) atoms. The van der Waals surface area contributed by atoms with Gasteiger partial charge in [-0.1, -0.05) is 77.6 Å². The lowest BCUT2D eigenvalue weighted by molar-refractivity contribution is -0.148. The summed E-state index contributed by atoms with van der Waals surface area (Å²) in [5.41, 5.74) is 0. The van der Waals surface area contributed by atoms with Gasteiger partial charge in [-0.15, -0.1) is 0 Å². The molecule has 5 nitrogen and oxygen atoms in total. The van der Waals surface area contributed by atoms with E-state index in [2.05, 4.69) is 6.92 Å². The van der Waals surface area contributed by atoms with Gasteiger partial charge < -0.3 is 9.47 Å². The van der Waals surface area contributed by atoms with Gasteiger partial charge in [0.05, 0.1) is 26.3 Å². The maximum atomic E-state index is 11.7. The van der Waals surface area contributed by atoms with Gasteiger partial charge in [-0.2, -0.15) is 0 Å². The number of carbonyl (C=O) groups excluding carboxylic acids is 2. The Morgan fingerprint density at radius 3 is 1.33 bits per heavy atom. The van der Waals surface area contributed by atoms with Crippen LogP contribution in [0, 0.1) is 0 Å². The van der Waals surface area contributed by atoms with Crippen molar-refractivity contribution in [2.45, 2.75) is 97.8 Å². The van der Waals surface area contributed by atoms with E-state index >= 15 is 0 Å². The highest BCUT2D eigenvalue weighted by atomic mass is 16.5. The van der Waals surface area contributed by atoms with Crippen molar-refractivity contribution in [3.8, 4) is 0 Å². The van der Waals surface area contributed by atoms with Gasteiger partial charge >= 0.3 is 11.9 Å². The van der Waals surface area contributed by atoms with Crippen molar-refractivity contribution in [1.82, 2.24) is 4.90 Å². The standard InChI is InChI=1S/C22H43NO4/c1-4-7-8-9-10-11-12-13-14-15-16-17-18-23(19-21(24)26-5-2)20-22(25)27-6-3/h4-20H2,1-3H3. The quantitative estimate of drug-likeness (QED) is 0.228. The molecule has 0 aromatic carbocycles. The topological polar surface area (TPSA) is 55.8 Å². The van der Waals surface area contributed by atoms with Gasteiger partial charge in [0.2, 0.25) is 0 Å². The molecule has 0 atom stereocenters. The molecule has 0 unspecified atom stereocenters. The highest BCUT2D eigenvalue weighted by Gasteiger charge is 2.15. The molecule has 0 aromatic heterocycles. The number of hydrogen-bond donors (Lipinski definition) is 0. The van der Waals surface area contributed by atoms with Crippen molar-refractivity contribution in [1.29, 1.82) is 0 Å². The second kappa shape index (κ2) is 19.7. The Morgan fingerprint density at radius 1 is 0.593 bits per heavy atom. The minimum atomic E-state index is -0.277. The first kappa shape index (κ1) is 25.9. The molecule has 0 heterocycles. The average molecular weight is 386 g/mol. The zero-order valence-electron chi connectivity index (χ0n) is 18.1. The molecule has 160 valence electrons. The maximum absolute atomic E-state index is 11.7. The van der Waals surface area contributed by atoms with E-state index in [4.69, 9.17) is 9.47 Å². The van der Waals surface area contributed by atoms with E-state index in [0.29, 0.717) is 13.2 Å². The Labute approximate surface area is 167 Å². The molecule has 0 fully saturated rings. The molecule has 0 saturated carbocycles. The first-order valence-corrected chi connectivity index (χ1v) is 11.2. The Balaban J connectivity index is 3.76. The van der Waals surface area contributed by atoms with Crippen LogP contribution in [0.2, 0.25) is 0 Å². The Morgan fingerprint density at radius 2 is 0.963 bits per heavy atom. The van der Waals surface area contributed by atoms with Crippen molar-refractivity contribution >= 4 is 11.9 Å². The Bertz CT molecular complexity index is 340. The third-order valence-corrected chi connectivity index (χ3v) is 4.64. The Hall–Kier alpha value is -1.10. The predicted molar refractivity (Wildman–Crippen MR) is 111 cm³/mol. The van der Waals surface area contributed by atoms with Crippen molar-refractivity contribution in [2.24, 2.45) is 0 Å². The van der Waals surface area contributed by atoms with Crippen molar-refractivity contribution < 1.29 is 19.1 Å². The first-order valence-electron chi connectivity index (χ1n) is 11.2. The number of unbranched alkanes of at least 4 members (excludes halogenated alkanes) is 11. The van der Waals surface area contributed by atoms with Gasteiger partial charge in [0.15, 0.2) is 0 Å². The van der Waals surface area contributed by atoms with Gasteiger partial charge in [0.1, 0.15) is 0 Å². The summed E-state index contributed by atoms with van der Waals surface area (Å²) in [6.07, 6.45) is 15.6. The Kier molecular flexibility index (Phi) is 18.9. The molecule has 0 N–H and O–H groups in total. The molecule has 0 aromatic rings. The lowest BCUT2D eigenvalue weighted by Gasteiger charge is -2.20. The summed E-state index contributed by atoms with van der Waals surface area (Å²) in [6, 6.07) is 0. The maximum Gasteiger partial charge on any atom is 0.320 e. The minimum absolute atomic E-state index is 0.157. The molecule has 0 radical (unpaired) electrons. The summed E-state index contributed by atoms with van der Waals surface area (Å²) in [5, 5.41) is 0. The fraction of sp³-hybridized carbons (Fsp3) is 0.909. The van der Waals surface area contributed by atoms with E-state index in [1.807, 2.05) is 4.90 Å². The number of hydrogen-bond acceptors (Lipinski definition) is 5. The van der Waals surface area contributed by atoms with Crippen molar-refractivity contribution in [3.05, 3.63) is 0 Å². The van der Waals surface area contributed by atoms with E-state index in [-0.39, 0.29) is 25.0 Å². The first-order chi connectivity index (χ1) is 13.1.